The molecule has 1 aliphatic rings. The zero-order valence-corrected chi connectivity index (χ0v) is 11.7. The molecule has 0 saturated carbocycles. The molecular formula is C17H14O5. The molecule has 2 aromatic rings. The number of ether oxygens (including phenoxy) is 2. The molecule has 0 radical (unpaired) electrons. The summed E-state index contributed by atoms with van der Waals surface area (Å²) in [6.45, 7) is -0.384. The van der Waals surface area contributed by atoms with Crippen LogP contribution >= 0.6 is 0 Å². The molecule has 1 atom stereocenters. The van der Waals surface area contributed by atoms with E-state index in [4.69, 9.17) is 14.6 Å². The first kappa shape index (κ1) is 14.1. The molecule has 2 aromatic carbocycles. The lowest BCUT2D eigenvalue weighted by atomic mass is 9.95. The molecule has 0 amide bonds. The Morgan fingerprint density at radius 1 is 1.18 bits per heavy atom. The van der Waals surface area contributed by atoms with E-state index in [1.165, 1.54) is 0 Å². The van der Waals surface area contributed by atoms with Crippen molar-refractivity contribution in [2.45, 2.75) is 12.5 Å². The van der Waals surface area contributed by atoms with Crippen molar-refractivity contribution in [2.75, 3.05) is 6.61 Å². The largest absolute Gasteiger partial charge is 0.482 e. The fraction of sp³-hybridized carbons (Fsp3) is 0.176. The molecule has 0 bridgehead atoms. The van der Waals surface area contributed by atoms with Crippen LogP contribution in [-0.4, -0.2) is 23.7 Å². The second kappa shape index (κ2) is 5.89. The maximum absolute atomic E-state index is 12.0. The van der Waals surface area contributed by atoms with Crippen LogP contribution in [0.25, 0.3) is 0 Å². The van der Waals surface area contributed by atoms with E-state index >= 15 is 0 Å². The Morgan fingerprint density at radius 3 is 2.64 bits per heavy atom. The highest BCUT2D eigenvalue weighted by Gasteiger charge is 2.26. The summed E-state index contributed by atoms with van der Waals surface area (Å²) in [5.74, 6) is -0.881. The van der Waals surface area contributed by atoms with Crippen molar-refractivity contribution in [3.63, 3.8) is 0 Å². The molecule has 22 heavy (non-hydrogen) atoms. The van der Waals surface area contributed by atoms with Gasteiger partial charge >= 0.3 is 11.9 Å². The summed E-state index contributed by atoms with van der Waals surface area (Å²) < 4.78 is 10.5. The van der Waals surface area contributed by atoms with Gasteiger partial charge in [0.25, 0.3) is 0 Å². The number of aliphatic carboxylic acids is 1. The predicted octanol–water partition coefficient (Wildman–Crippen LogP) is 2.60. The van der Waals surface area contributed by atoms with Crippen molar-refractivity contribution in [3.8, 4) is 5.75 Å². The zero-order valence-electron chi connectivity index (χ0n) is 11.7. The monoisotopic (exact) mass is 298 g/mol. The van der Waals surface area contributed by atoms with Crippen LogP contribution in [0.4, 0.5) is 0 Å². The molecule has 1 heterocycles. The normalized spacial score (nSPS) is 16.5. The van der Waals surface area contributed by atoms with E-state index in [-0.39, 0.29) is 18.7 Å². The van der Waals surface area contributed by atoms with Crippen molar-refractivity contribution in [1.82, 2.24) is 0 Å². The summed E-state index contributed by atoms with van der Waals surface area (Å²) in [6.07, 6.45) is 0.285. The number of carbonyl (C=O) groups is 2. The average Bonchev–Trinajstić information content (AvgIpc) is 2.53. The molecule has 0 aromatic heterocycles. The maximum Gasteiger partial charge on any atom is 0.341 e. The number of esters is 1. The Kier molecular flexibility index (Phi) is 3.78. The highest BCUT2D eigenvalue weighted by molar-refractivity contribution is 5.92. The van der Waals surface area contributed by atoms with Crippen LogP contribution in [0.2, 0.25) is 0 Å². The van der Waals surface area contributed by atoms with Gasteiger partial charge in [0.2, 0.25) is 0 Å². The van der Waals surface area contributed by atoms with Gasteiger partial charge in [-0.25, -0.2) is 9.59 Å². The Labute approximate surface area is 127 Å². The summed E-state index contributed by atoms with van der Waals surface area (Å²) in [7, 11) is 0. The molecule has 5 nitrogen and oxygen atoms in total. The molecule has 3 rings (SSSR count). The quantitative estimate of drug-likeness (QED) is 0.878. The second-order valence-electron chi connectivity index (χ2n) is 5.01. The molecule has 0 aliphatic carbocycles. The van der Waals surface area contributed by atoms with Gasteiger partial charge in [-0.2, -0.15) is 0 Å². The Hall–Kier alpha value is -2.82. The Morgan fingerprint density at radius 2 is 1.91 bits per heavy atom. The van der Waals surface area contributed by atoms with Crippen LogP contribution in [0.15, 0.2) is 48.5 Å². The summed E-state index contributed by atoms with van der Waals surface area (Å²) in [6, 6.07) is 14.3. The highest BCUT2D eigenvalue weighted by atomic mass is 16.5. The summed E-state index contributed by atoms with van der Waals surface area (Å²) in [5.41, 5.74) is 2.43. The number of hydrogen-bond acceptors (Lipinski definition) is 4. The van der Waals surface area contributed by atoms with Crippen molar-refractivity contribution >= 4 is 11.9 Å². The molecule has 0 unspecified atom stereocenters. The lowest BCUT2D eigenvalue weighted by Gasteiger charge is -2.25. The smallest absolute Gasteiger partial charge is 0.341 e. The minimum absolute atomic E-state index is 0.321. The van der Waals surface area contributed by atoms with E-state index in [0.717, 1.165) is 11.1 Å². The van der Waals surface area contributed by atoms with E-state index in [9.17, 15) is 9.59 Å². The summed E-state index contributed by atoms with van der Waals surface area (Å²) >= 11 is 0. The van der Waals surface area contributed by atoms with Crippen LogP contribution < -0.4 is 4.74 Å². The number of carboxylic acid groups (broad SMARTS) is 1. The topological polar surface area (TPSA) is 72.8 Å². The van der Waals surface area contributed by atoms with Crippen molar-refractivity contribution in [3.05, 3.63) is 65.2 Å². The van der Waals surface area contributed by atoms with Gasteiger partial charge in [0.15, 0.2) is 6.61 Å². The predicted molar refractivity (Wildman–Crippen MR) is 77.9 cm³/mol. The molecule has 1 aliphatic heterocycles. The molecule has 1 N–H and O–H groups in total. The van der Waals surface area contributed by atoms with E-state index in [2.05, 4.69) is 0 Å². The van der Waals surface area contributed by atoms with Crippen LogP contribution in [0.5, 0.6) is 5.75 Å². The van der Waals surface area contributed by atoms with Gasteiger partial charge in [0, 0.05) is 6.42 Å². The molecule has 0 fully saturated rings. The van der Waals surface area contributed by atoms with Gasteiger partial charge in [-0.3, -0.25) is 0 Å². The van der Waals surface area contributed by atoms with Gasteiger partial charge in [-0.15, -0.1) is 0 Å². The second-order valence-corrected chi connectivity index (χ2v) is 5.01. The third-order valence-electron chi connectivity index (χ3n) is 3.51. The van der Waals surface area contributed by atoms with E-state index < -0.39 is 5.97 Å². The first-order valence-corrected chi connectivity index (χ1v) is 6.87. The van der Waals surface area contributed by atoms with Gasteiger partial charge < -0.3 is 14.6 Å². The lowest BCUT2D eigenvalue weighted by molar-refractivity contribution is -0.139. The maximum atomic E-state index is 12.0. The Bertz CT molecular complexity index is 705. The number of cyclic esters (lactones) is 1. The van der Waals surface area contributed by atoms with E-state index in [0.29, 0.717) is 17.7 Å². The Balaban J connectivity index is 1.75. The minimum atomic E-state index is -1.03. The van der Waals surface area contributed by atoms with Crippen molar-refractivity contribution in [1.29, 1.82) is 0 Å². The number of carboxylic acids is 1. The average molecular weight is 298 g/mol. The minimum Gasteiger partial charge on any atom is -0.482 e. The molecule has 5 heteroatoms. The van der Waals surface area contributed by atoms with Gasteiger partial charge in [0.1, 0.15) is 11.9 Å². The lowest BCUT2D eigenvalue weighted by Crippen LogP contribution is -2.21. The van der Waals surface area contributed by atoms with Crippen LogP contribution in [-0.2, 0) is 16.0 Å². The van der Waals surface area contributed by atoms with Crippen LogP contribution in [0, 0.1) is 0 Å². The zero-order chi connectivity index (χ0) is 15.5. The van der Waals surface area contributed by atoms with Gasteiger partial charge in [-0.05, 0) is 29.3 Å². The first-order chi connectivity index (χ1) is 10.6. The molecular weight excluding hydrogens is 284 g/mol. The first-order valence-electron chi connectivity index (χ1n) is 6.87. The number of rotatable bonds is 4. The number of hydrogen-bond donors (Lipinski definition) is 1. The number of fused-ring (bicyclic) bond motifs is 1. The molecule has 112 valence electrons. The summed E-state index contributed by atoms with van der Waals surface area (Å²) in [4.78, 5) is 22.5. The van der Waals surface area contributed by atoms with E-state index in [1.54, 1.807) is 30.3 Å². The third kappa shape index (κ3) is 2.93. The molecule has 0 saturated heterocycles. The van der Waals surface area contributed by atoms with E-state index in [1.807, 2.05) is 18.2 Å². The van der Waals surface area contributed by atoms with Crippen LogP contribution in [0.3, 0.4) is 0 Å². The highest BCUT2D eigenvalue weighted by Crippen LogP contribution is 2.31. The van der Waals surface area contributed by atoms with Gasteiger partial charge in [0.05, 0.1) is 5.56 Å². The fourth-order valence-corrected chi connectivity index (χ4v) is 2.44. The van der Waals surface area contributed by atoms with Crippen molar-refractivity contribution in [2.24, 2.45) is 0 Å². The molecule has 0 spiro atoms. The number of benzene rings is 2. The van der Waals surface area contributed by atoms with Crippen LogP contribution in [0.1, 0.15) is 27.6 Å². The summed E-state index contributed by atoms with van der Waals surface area (Å²) in [5, 5.41) is 8.57. The third-order valence-corrected chi connectivity index (χ3v) is 3.51. The van der Waals surface area contributed by atoms with Crippen molar-refractivity contribution < 1.29 is 24.2 Å². The standard InChI is InChI=1S/C17H14O5/c18-16(19)10-21-13-7-5-11(6-8-13)15-9-12-3-1-2-4-14(12)17(20)22-15/h1-8,15H,9-10H2,(H,18,19)/t15-/m1/s1. The SMILES string of the molecule is O=C(O)COc1ccc([C@H]2Cc3ccccc3C(=O)O2)cc1. The fourth-order valence-electron chi connectivity index (χ4n) is 2.44. The number of carbonyl (C=O) groups excluding carboxylic acids is 1. The van der Waals surface area contributed by atoms with Gasteiger partial charge in [-0.1, -0.05) is 30.3 Å².